The van der Waals surface area contributed by atoms with Gasteiger partial charge in [-0.15, -0.1) is 0 Å². The summed E-state index contributed by atoms with van der Waals surface area (Å²) in [7, 11) is 1.68. The highest BCUT2D eigenvalue weighted by molar-refractivity contribution is 6.42. The predicted molar refractivity (Wildman–Crippen MR) is 103 cm³/mol. The highest BCUT2D eigenvalue weighted by Crippen LogP contribution is 2.22. The van der Waals surface area contributed by atoms with Crippen LogP contribution in [0.4, 0.5) is 5.95 Å². The molecule has 3 aromatic rings. The zero-order chi connectivity index (χ0) is 18.5. The second-order valence-electron chi connectivity index (χ2n) is 5.83. The molecule has 138 valence electrons. The molecule has 0 aliphatic rings. The second-order valence-corrected chi connectivity index (χ2v) is 6.64. The molecule has 0 radical (unpaired) electrons. The molecular formula is C17H19Cl2N5O2. The van der Waals surface area contributed by atoms with Crippen LogP contribution in [-0.2, 0) is 17.8 Å². The Bertz CT molecular complexity index is 954. The van der Waals surface area contributed by atoms with E-state index in [1.807, 2.05) is 10.6 Å². The number of ether oxygens (including phenoxy) is 1. The molecule has 0 unspecified atom stereocenters. The number of nitrogens with zero attached hydrogens (tertiary/aromatic N) is 3. The third-order valence-electron chi connectivity index (χ3n) is 3.92. The summed E-state index contributed by atoms with van der Waals surface area (Å²) in [5.74, 6) is 0.382. The van der Waals surface area contributed by atoms with E-state index in [0.717, 1.165) is 24.9 Å². The van der Waals surface area contributed by atoms with Crippen molar-refractivity contribution in [3.8, 4) is 0 Å². The Hall–Kier alpha value is -2.09. The number of fused-ring (bicyclic) bond motifs is 1. The molecule has 0 saturated carbocycles. The highest BCUT2D eigenvalue weighted by atomic mass is 35.5. The molecule has 0 aliphatic heterocycles. The highest BCUT2D eigenvalue weighted by Gasteiger charge is 2.10. The molecule has 0 aliphatic carbocycles. The summed E-state index contributed by atoms with van der Waals surface area (Å²) in [5, 5.41) is 4.09. The van der Waals surface area contributed by atoms with Crippen molar-refractivity contribution in [3.05, 3.63) is 50.5 Å². The molecular weight excluding hydrogens is 377 g/mol. The number of unbranched alkanes of at least 4 members (excludes halogenated alkanes) is 1. The van der Waals surface area contributed by atoms with Gasteiger partial charge in [-0.3, -0.25) is 9.78 Å². The molecule has 2 N–H and O–H groups in total. The van der Waals surface area contributed by atoms with Crippen LogP contribution < -0.4 is 10.9 Å². The fourth-order valence-corrected chi connectivity index (χ4v) is 2.89. The fourth-order valence-electron chi connectivity index (χ4n) is 2.57. The number of aromatic amines is 1. The first-order valence-corrected chi connectivity index (χ1v) is 8.96. The number of imidazole rings is 1. The number of halogens is 2. The molecule has 1 aromatic carbocycles. The molecule has 0 amide bonds. The molecule has 9 heteroatoms. The van der Waals surface area contributed by atoms with Crippen molar-refractivity contribution in [2.24, 2.45) is 0 Å². The van der Waals surface area contributed by atoms with Crippen molar-refractivity contribution >= 4 is 40.3 Å². The van der Waals surface area contributed by atoms with E-state index in [9.17, 15) is 4.79 Å². The smallest absolute Gasteiger partial charge is 0.280 e. The first-order valence-electron chi connectivity index (χ1n) is 8.20. The Morgan fingerprint density at radius 2 is 2.12 bits per heavy atom. The maximum Gasteiger partial charge on any atom is 0.280 e. The van der Waals surface area contributed by atoms with E-state index in [1.54, 1.807) is 25.6 Å². The SMILES string of the molecule is COCCCCn1cnc2c(=O)[nH]c(NCc3ccc(Cl)c(Cl)c3)nc21. The first-order chi connectivity index (χ1) is 12.6. The Kier molecular flexibility index (Phi) is 6.13. The summed E-state index contributed by atoms with van der Waals surface area (Å²) in [6.45, 7) is 1.88. The lowest BCUT2D eigenvalue weighted by Gasteiger charge is -2.08. The average Bonchev–Trinajstić information content (AvgIpc) is 3.03. The van der Waals surface area contributed by atoms with E-state index in [2.05, 4.69) is 20.3 Å². The van der Waals surface area contributed by atoms with Gasteiger partial charge < -0.3 is 14.6 Å². The van der Waals surface area contributed by atoms with Gasteiger partial charge in [-0.1, -0.05) is 29.3 Å². The third-order valence-corrected chi connectivity index (χ3v) is 4.66. The van der Waals surface area contributed by atoms with Gasteiger partial charge >= 0.3 is 0 Å². The average molecular weight is 396 g/mol. The van der Waals surface area contributed by atoms with Gasteiger partial charge in [-0.2, -0.15) is 4.98 Å². The predicted octanol–water partition coefficient (Wildman–Crippen LogP) is 3.47. The normalized spacial score (nSPS) is 11.2. The lowest BCUT2D eigenvalue weighted by Crippen LogP contribution is -2.14. The van der Waals surface area contributed by atoms with E-state index in [1.165, 1.54) is 0 Å². The molecule has 7 nitrogen and oxygen atoms in total. The number of nitrogens with one attached hydrogen (secondary N) is 2. The van der Waals surface area contributed by atoms with Crippen molar-refractivity contribution in [2.75, 3.05) is 19.0 Å². The minimum Gasteiger partial charge on any atom is -0.385 e. The number of aromatic nitrogens is 4. The van der Waals surface area contributed by atoms with Gasteiger partial charge in [-0.25, -0.2) is 4.98 Å². The molecule has 26 heavy (non-hydrogen) atoms. The molecule has 0 atom stereocenters. The van der Waals surface area contributed by atoms with E-state index in [-0.39, 0.29) is 5.56 Å². The van der Waals surface area contributed by atoms with Crippen LogP contribution in [0.5, 0.6) is 0 Å². The number of benzene rings is 1. The van der Waals surface area contributed by atoms with Crippen molar-refractivity contribution in [3.63, 3.8) is 0 Å². The van der Waals surface area contributed by atoms with Crippen molar-refractivity contribution in [2.45, 2.75) is 25.9 Å². The number of aryl methyl sites for hydroxylation is 1. The van der Waals surface area contributed by atoms with Crippen LogP contribution in [0.2, 0.25) is 10.0 Å². The van der Waals surface area contributed by atoms with Gasteiger partial charge in [0.1, 0.15) is 0 Å². The van der Waals surface area contributed by atoms with Crippen LogP contribution in [-0.4, -0.2) is 33.2 Å². The third kappa shape index (κ3) is 4.35. The van der Waals surface area contributed by atoms with E-state index < -0.39 is 0 Å². The Balaban J connectivity index is 1.76. The zero-order valence-electron chi connectivity index (χ0n) is 14.3. The molecule has 0 fully saturated rings. The number of anilines is 1. The van der Waals surface area contributed by atoms with Gasteiger partial charge in [0.05, 0.1) is 16.4 Å². The second kappa shape index (κ2) is 8.53. The zero-order valence-corrected chi connectivity index (χ0v) is 15.8. The summed E-state index contributed by atoms with van der Waals surface area (Å²) in [6, 6.07) is 5.36. The van der Waals surface area contributed by atoms with Crippen LogP contribution in [0, 0.1) is 0 Å². The summed E-state index contributed by atoms with van der Waals surface area (Å²) in [5.41, 5.74) is 1.54. The molecule has 0 bridgehead atoms. The van der Waals surface area contributed by atoms with Gasteiger partial charge in [0, 0.05) is 26.8 Å². The molecule has 2 heterocycles. The fraction of sp³-hybridized carbons (Fsp3) is 0.353. The van der Waals surface area contributed by atoms with Crippen LogP contribution in [0.15, 0.2) is 29.3 Å². The Labute approximate surface area is 160 Å². The molecule has 3 rings (SSSR count). The Morgan fingerprint density at radius 1 is 1.27 bits per heavy atom. The number of hydrogen-bond acceptors (Lipinski definition) is 5. The summed E-state index contributed by atoms with van der Waals surface area (Å²) < 4.78 is 6.93. The van der Waals surface area contributed by atoms with Gasteiger partial charge in [0.25, 0.3) is 5.56 Å². The molecule has 0 spiro atoms. The van der Waals surface area contributed by atoms with Crippen molar-refractivity contribution < 1.29 is 4.74 Å². The number of methoxy groups -OCH3 is 1. The topological polar surface area (TPSA) is 84.8 Å². The lowest BCUT2D eigenvalue weighted by atomic mass is 10.2. The van der Waals surface area contributed by atoms with E-state index in [4.69, 9.17) is 27.9 Å². The number of rotatable bonds is 8. The minimum absolute atomic E-state index is 0.276. The van der Waals surface area contributed by atoms with Crippen LogP contribution in [0.3, 0.4) is 0 Å². The monoisotopic (exact) mass is 395 g/mol. The minimum atomic E-state index is -0.276. The van der Waals surface area contributed by atoms with Crippen molar-refractivity contribution in [1.29, 1.82) is 0 Å². The Morgan fingerprint density at radius 3 is 2.88 bits per heavy atom. The van der Waals surface area contributed by atoms with E-state index in [0.29, 0.717) is 40.3 Å². The number of hydrogen-bond donors (Lipinski definition) is 2. The van der Waals surface area contributed by atoms with E-state index >= 15 is 0 Å². The molecule has 2 aromatic heterocycles. The van der Waals surface area contributed by atoms with Crippen molar-refractivity contribution in [1.82, 2.24) is 19.5 Å². The summed E-state index contributed by atoms with van der Waals surface area (Å²) in [4.78, 5) is 23.6. The first kappa shape index (κ1) is 18.7. The lowest BCUT2D eigenvalue weighted by molar-refractivity contribution is 0.191. The largest absolute Gasteiger partial charge is 0.385 e. The number of H-pyrrole nitrogens is 1. The van der Waals surface area contributed by atoms with Gasteiger partial charge in [0.15, 0.2) is 11.2 Å². The standard InChI is InChI=1S/C17H19Cl2N5O2/c1-26-7-3-2-6-24-10-21-14-15(24)22-17(23-16(14)25)20-9-11-4-5-12(18)13(19)8-11/h4-5,8,10H,2-3,6-7,9H2,1H3,(H2,20,22,23,25). The quantitative estimate of drug-likeness (QED) is 0.570. The molecule has 0 saturated heterocycles. The summed E-state index contributed by atoms with van der Waals surface area (Å²) >= 11 is 11.9. The maximum absolute atomic E-state index is 12.2. The van der Waals surface area contributed by atoms with Crippen LogP contribution >= 0.6 is 23.2 Å². The van der Waals surface area contributed by atoms with Gasteiger partial charge in [0.2, 0.25) is 5.95 Å². The summed E-state index contributed by atoms with van der Waals surface area (Å²) in [6.07, 6.45) is 3.49. The van der Waals surface area contributed by atoms with Crippen LogP contribution in [0.1, 0.15) is 18.4 Å². The maximum atomic E-state index is 12.2. The van der Waals surface area contributed by atoms with Crippen LogP contribution in [0.25, 0.3) is 11.2 Å². The van der Waals surface area contributed by atoms with Gasteiger partial charge in [-0.05, 0) is 30.5 Å².